The van der Waals surface area contributed by atoms with E-state index < -0.39 is 0 Å². The lowest BCUT2D eigenvalue weighted by atomic mass is 9.97. The van der Waals surface area contributed by atoms with Crippen molar-refractivity contribution in [2.45, 2.75) is 46.5 Å². The normalized spacial score (nSPS) is 25.5. The van der Waals surface area contributed by atoms with Crippen LogP contribution in [-0.4, -0.2) is 37.6 Å². The Morgan fingerprint density at radius 1 is 1.06 bits per heavy atom. The van der Waals surface area contributed by atoms with E-state index >= 15 is 0 Å². The minimum absolute atomic E-state index is 0.866. The summed E-state index contributed by atoms with van der Waals surface area (Å²) in [6, 6.07) is 0. The first-order chi connectivity index (χ1) is 7.77. The average molecular weight is 226 g/mol. The highest BCUT2D eigenvalue weighted by molar-refractivity contribution is 4.80. The summed E-state index contributed by atoms with van der Waals surface area (Å²) >= 11 is 0. The molecular formula is C14H30N2. The standard InChI is InChI=1S/C14H30N2/c1-4-6-8-16(9-7-5-2)12-14-11-15-10-13(14)3/h13-15H,4-12H2,1-3H3. The van der Waals surface area contributed by atoms with E-state index in [-0.39, 0.29) is 0 Å². The topological polar surface area (TPSA) is 15.3 Å². The van der Waals surface area contributed by atoms with Gasteiger partial charge in [-0.3, -0.25) is 0 Å². The molecule has 96 valence electrons. The highest BCUT2D eigenvalue weighted by Crippen LogP contribution is 2.17. The van der Waals surface area contributed by atoms with Crippen LogP contribution < -0.4 is 5.32 Å². The first-order valence-electron chi connectivity index (χ1n) is 7.21. The second kappa shape index (κ2) is 8.08. The maximum atomic E-state index is 3.51. The third-order valence-electron chi connectivity index (χ3n) is 3.83. The van der Waals surface area contributed by atoms with E-state index in [0.29, 0.717) is 0 Å². The molecule has 1 fully saturated rings. The molecule has 2 unspecified atom stereocenters. The summed E-state index contributed by atoms with van der Waals surface area (Å²) in [5.41, 5.74) is 0. The summed E-state index contributed by atoms with van der Waals surface area (Å²) in [5, 5.41) is 3.51. The molecule has 1 aliphatic rings. The maximum absolute atomic E-state index is 3.51. The van der Waals surface area contributed by atoms with Gasteiger partial charge in [0.1, 0.15) is 0 Å². The molecule has 0 radical (unpaired) electrons. The molecule has 0 amide bonds. The second-order valence-corrected chi connectivity index (χ2v) is 5.40. The number of hydrogen-bond donors (Lipinski definition) is 1. The molecule has 1 rings (SSSR count). The van der Waals surface area contributed by atoms with Crippen molar-refractivity contribution >= 4 is 0 Å². The van der Waals surface area contributed by atoms with E-state index in [1.54, 1.807) is 0 Å². The molecule has 0 spiro atoms. The number of nitrogens with zero attached hydrogens (tertiary/aromatic N) is 1. The van der Waals surface area contributed by atoms with E-state index in [9.17, 15) is 0 Å². The molecule has 0 bridgehead atoms. The fourth-order valence-corrected chi connectivity index (χ4v) is 2.50. The Kier molecular flexibility index (Phi) is 7.06. The third-order valence-corrected chi connectivity index (χ3v) is 3.83. The Labute approximate surface area is 102 Å². The predicted octanol–water partition coefficient (Wildman–Crippen LogP) is 2.74. The molecule has 1 saturated heterocycles. The van der Waals surface area contributed by atoms with E-state index in [2.05, 4.69) is 31.0 Å². The van der Waals surface area contributed by atoms with Crippen LogP contribution in [0.5, 0.6) is 0 Å². The Balaban J connectivity index is 2.29. The van der Waals surface area contributed by atoms with Gasteiger partial charge in [-0.15, -0.1) is 0 Å². The Morgan fingerprint density at radius 3 is 2.12 bits per heavy atom. The van der Waals surface area contributed by atoms with E-state index in [0.717, 1.165) is 11.8 Å². The summed E-state index contributed by atoms with van der Waals surface area (Å²) in [6.07, 6.45) is 5.36. The third kappa shape index (κ3) is 4.84. The zero-order chi connectivity index (χ0) is 11.8. The first-order valence-corrected chi connectivity index (χ1v) is 7.21. The maximum Gasteiger partial charge on any atom is 0.00248 e. The van der Waals surface area contributed by atoms with Crippen molar-refractivity contribution in [3.8, 4) is 0 Å². The van der Waals surface area contributed by atoms with Gasteiger partial charge in [-0.25, -0.2) is 0 Å². The van der Waals surface area contributed by atoms with Crippen molar-refractivity contribution in [1.29, 1.82) is 0 Å². The van der Waals surface area contributed by atoms with E-state index in [1.807, 2.05) is 0 Å². The number of hydrogen-bond acceptors (Lipinski definition) is 2. The van der Waals surface area contributed by atoms with Gasteiger partial charge < -0.3 is 10.2 Å². The molecule has 1 N–H and O–H groups in total. The highest BCUT2D eigenvalue weighted by atomic mass is 15.1. The fourth-order valence-electron chi connectivity index (χ4n) is 2.50. The highest BCUT2D eigenvalue weighted by Gasteiger charge is 2.24. The van der Waals surface area contributed by atoms with Gasteiger partial charge in [0.15, 0.2) is 0 Å². The van der Waals surface area contributed by atoms with Gasteiger partial charge in [0.25, 0.3) is 0 Å². The van der Waals surface area contributed by atoms with Crippen molar-refractivity contribution in [1.82, 2.24) is 10.2 Å². The lowest BCUT2D eigenvalue weighted by molar-refractivity contribution is 0.212. The van der Waals surface area contributed by atoms with Crippen LogP contribution in [0.25, 0.3) is 0 Å². The van der Waals surface area contributed by atoms with Gasteiger partial charge in [0.05, 0.1) is 0 Å². The lowest BCUT2D eigenvalue weighted by Crippen LogP contribution is -2.34. The van der Waals surface area contributed by atoms with Gasteiger partial charge in [-0.05, 0) is 50.9 Å². The van der Waals surface area contributed by atoms with Crippen molar-refractivity contribution in [3.05, 3.63) is 0 Å². The minimum atomic E-state index is 0.866. The van der Waals surface area contributed by atoms with E-state index in [1.165, 1.54) is 58.4 Å². The first kappa shape index (κ1) is 14.0. The zero-order valence-corrected chi connectivity index (χ0v) is 11.5. The van der Waals surface area contributed by atoms with Crippen LogP contribution in [0.4, 0.5) is 0 Å². The number of rotatable bonds is 8. The molecule has 0 aromatic heterocycles. The molecule has 16 heavy (non-hydrogen) atoms. The lowest BCUT2D eigenvalue weighted by Gasteiger charge is -2.26. The van der Waals surface area contributed by atoms with Gasteiger partial charge >= 0.3 is 0 Å². The molecule has 2 nitrogen and oxygen atoms in total. The molecule has 0 aromatic carbocycles. The second-order valence-electron chi connectivity index (χ2n) is 5.40. The van der Waals surface area contributed by atoms with Crippen LogP contribution in [0.15, 0.2) is 0 Å². The average Bonchev–Trinajstić information content (AvgIpc) is 2.68. The number of unbranched alkanes of at least 4 members (excludes halogenated alkanes) is 2. The van der Waals surface area contributed by atoms with Crippen LogP contribution in [0, 0.1) is 11.8 Å². The van der Waals surface area contributed by atoms with Crippen LogP contribution in [0.1, 0.15) is 46.5 Å². The van der Waals surface area contributed by atoms with E-state index in [4.69, 9.17) is 0 Å². The fraction of sp³-hybridized carbons (Fsp3) is 1.00. The van der Waals surface area contributed by atoms with Crippen molar-refractivity contribution in [2.75, 3.05) is 32.7 Å². The molecule has 0 aliphatic carbocycles. The molecule has 0 aromatic rings. The molecular weight excluding hydrogens is 196 g/mol. The monoisotopic (exact) mass is 226 g/mol. The SMILES string of the molecule is CCCCN(CCCC)CC1CNCC1C. The van der Waals surface area contributed by atoms with Crippen LogP contribution in [-0.2, 0) is 0 Å². The molecule has 0 saturated carbocycles. The smallest absolute Gasteiger partial charge is 0.00248 e. The van der Waals surface area contributed by atoms with Crippen molar-refractivity contribution in [2.24, 2.45) is 11.8 Å². The van der Waals surface area contributed by atoms with Gasteiger partial charge in [0, 0.05) is 6.54 Å². The summed E-state index contributed by atoms with van der Waals surface area (Å²) in [4.78, 5) is 2.70. The Morgan fingerprint density at radius 2 is 1.69 bits per heavy atom. The van der Waals surface area contributed by atoms with Crippen molar-refractivity contribution < 1.29 is 0 Å². The largest absolute Gasteiger partial charge is 0.316 e. The van der Waals surface area contributed by atoms with Crippen LogP contribution >= 0.6 is 0 Å². The Hall–Kier alpha value is -0.0800. The van der Waals surface area contributed by atoms with Crippen LogP contribution in [0.3, 0.4) is 0 Å². The molecule has 1 aliphatic heterocycles. The van der Waals surface area contributed by atoms with Gasteiger partial charge in [0.2, 0.25) is 0 Å². The van der Waals surface area contributed by atoms with Crippen molar-refractivity contribution in [3.63, 3.8) is 0 Å². The summed E-state index contributed by atoms with van der Waals surface area (Å²) < 4.78 is 0. The minimum Gasteiger partial charge on any atom is -0.316 e. The number of nitrogens with one attached hydrogen (secondary N) is 1. The summed E-state index contributed by atoms with van der Waals surface area (Å²) in [7, 11) is 0. The van der Waals surface area contributed by atoms with Gasteiger partial charge in [-0.1, -0.05) is 33.6 Å². The predicted molar refractivity (Wildman–Crippen MR) is 71.8 cm³/mol. The Bertz CT molecular complexity index is 162. The molecule has 1 heterocycles. The molecule has 2 heteroatoms. The summed E-state index contributed by atoms with van der Waals surface area (Å²) in [5.74, 6) is 1.75. The zero-order valence-electron chi connectivity index (χ0n) is 11.5. The quantitative estimate of drug-likeness (QED) is 0.684. The summed E-state index contributed by atoms with van der Waals surface area (Å²) in [6.45, 7) is 13.3. The van der Waals surface area contributed by atoms with Crippen LogP contribution in [0.2, 0.25) is 0 Å². The molecule has 2 atom stereocenters. The van der Waals surface area contributed by atoms with Gasteiger partial charge in [-0.2, -0.15) is 0 Å².